The van der Waals surface area contributed by atoms with E-state index in [1.165, 1.54) is 0 Å². The van der Waals surface area contributed by atoms with Crippen LogP contribution in [0.5, 0.6) is 0 Å². The van der Waals surface area contributed by atoms with E-state index in [9.17, 15) is 4.79 Å². The second-order valence-corrected chi connectivity index (χ2v) is 3.95. The Morgan fingerprint density at radius 3 is 2.46 bits per heavy atom. The minimum atomic E-state index is -0.655. The number of aliphatic hydroxyl groups is 1. The number of ether oxygens (including phenoxy) is 1. The average Bonchev–Trinajstić information content (AvgIpc) is 2.18. The van der Waals surface area contributed by atoms with Crippen molar-refractivity contribution in [3.05, 3.63) is 0 Å². The first-order chi connectivity index (χ1) is 6.08. The summed E-state index contributed by atoms with van der Waals surface area (Å²) in [7, 11) is 0. The van der Waals surface area contributed by atoms with Gasteiger partial charge in [0.25, 0.3) is 0 Å². The van der Waals surface area contributed by atoms with E-state index < -0.39 is 5.41 Å². The number of morpholine rings is 1. The molecule has 1 aliphatic rings. The van der Waals surface area contributed by atoms with Crippen molar-refractivity contribution in [1.29, 1.82) is 0 Å². The van der Waals surface area contributed by atoms with Crippen LogP contribution in [0.3, 0.4) is 0 Å². The van der Waals surface area contributed by atoms with Crippen LogP contribution in [0.2, 0.25) is 0 Å². The number of rotatable bonds is 2. The molecule has 0 atom stereocenters. The van der Waals surface area contributed by atoms with Crippen molar-refractivity contribution in [3.63, 3.8) is 0 Å². The van der Waals surface area contributed by atoms with Crippen LogP contribution in [0.15, 0.2) is 0 Å². The van der Waals surface area contributed by atoms with Gasteiger partial charge < -0.3 is 14.7 Å². The Bertz CT molecular complexity index is 185. The highest BCUT2D eigenvalue weighted by Gasteiger charge is 2.31. The van der Waals surface area contributed by atoms with E-state index in [2.05, 4.69) is 0 Å². The molecule has 1 amide bonds. The molecule has 0 aromatic rings. The second kappa shape index (κ2) is 4.07. The van der Waals surface area contributed by atoms with Gasteiger partial charge in [0.2, 0.25) is 5.91 Å². The summed E-state index contributed by atoms with van der Waals surface area (Å²) in [4.78, 5) is 13.5. The van der Waals surface area contributed by atoms with Gasteiger partial charge in [0, 0.05) is 13.1 Å². The topological polar surface area (TPSA) is 49.8 Å². The average molecular weight is 187 g/mol. The van der Waals surface area contributed by atoms with E-state index in [1.807, 2.05) is 0 Å². The Morgan fingerprint density at radius 2 is 2.00 bits per heavy atom. The smallest absolute Gasteiger partial charge is 0.230 e. The lowest BCUT2D eigenvalue weighted by atomic mass is 9.93. The number of amides is 1. The number of nitrogens with zero attached hydrogens (tertiary/aromatic N) is 1. The first-order valence-electron chi connectivity index (χ1n) is 4.56. The van der Waals surface area contributed by atoms with Gasteiger partial charge >= 0.3 is 0 Å². The Balaban J connectivity index is 2.55. The van der Waals surface area contributed by atoms with Crippen molar-refractivity contribution < 1.29 is 14.6 Å². The maximum Gasteiger partial charge on any atom is 0.230 e. The van der Waals surface area contributed by atoms with Crippen molar-refractivity contribution >= 4 is 5.91 Å². The molecule has 0 unspecified atom stereocenters. The molecule has 0 aromatic heterocycles. The third-order valence-corrected chi connectivity index (χ3v) is 2.27. The summed E-state index contributed by atoms with van der Waals surface area (Å²) in [6.07, 6.45) is 0. The molecule has 4 nitrogen and oxygen atoms in total. The van der Waals surface area contributed by atoms with E-state index in [4.69, 9.17) is 9.84 Å². The van der Waals surface area contributed by atoms with Crippen LogP contribution in [-0.4, -0.2) is 48.8 Å². The van der Waals surface area contributed by atoms with Crippen molar-refractivity contribution in [2.45, 2.75) is 13.8 Å². The zero-order chi connectivity index (χ0) is 9.90. The van der Waals surface area contributed by atoms with Crippen LogP contribution < -0.4 is 0 Å². The molecule has 1 aliphatic heterocycles. The van der Waals surface area contributed by atoms with Gasteiger partial charge in [0.1, 0.15) is 0 Å². The highest BCUT2D eigenvalue weighted by molar-refractivity contribution is 5.82. The summed E-state index contributed by atoms with van der Waals surface area (Å²) < 4.78 is 5.14. The van der Waals surface area contributed by atoms with Crippen LogP contribution in [0.25, 0.3) is 0 Å². The largest absolute Gasteiger partial charge is 0.395 e. The van der Waals surface area contributed by atoms with Crippen molar-refractivity contribution in [2.24, 2.45) is 5.41 Å². The van der Waals surface area contributed by atoms with Gasteiger partial charge in [0.15, 0.2) is 0 Å². The molecular weight excluding hydrogens is 170 g/mol. The number of carbonyl (C=O) groups is 1. The Labute approximate surface area is 78.5 Å². The summed E-state index contributed by atoms with van der Waals surface area (Å²) in [5.74, 6) is 0.0123. The lowest BCUT2D eigenvalue weighted by Gasteiger charge is -2.33. The van der Waals surface area contributed by atoms with Gasteiger partial charge in [-0.1, -0.05) is 0 Å². The van der Waals surface area contributed by atoms with Crippen LogP contribution in [0, 0.1) is 5.41 Å². The number of aliphatic hydroxyl groups excluding tert-OH is 1. The minimum Gasteiger partial charge on any atom is -0.395 e. The summed E-state index contributed by atoms with van der Waals surface area (Å²) in [6.45, 7) is 5.89. The second-order valence-electron chi connectivity index (χ2n) is 3.95. The number of hydrogen-bond donors (Lipinski definition) is 1. The molecule has 0 bridgehead atoms. The number of carbonyl (C=O) groups excluding carboxylic acids is 1. The molecule has 0 aliphatic carbocycles. The predicted molar refractivity (Wildman–Crippen MR) is 48.3 cm³/mol. The highest BCUT2D eigenvalue weighted by atomic mass is 16.5. The fraction of sp³-hybridized carbons (Fsp3) is 0.889. The molecule has 13 heavy (non-hydrogen) atoms. The molecule has 4 heteroatoms. The minimum absolute atomic E-state index is 0.0123. The first-order valence-corrected chi connectivity index (χ1v) is 4.56. The monoisotopic (exact) mass is 187 g/mol. The third-order valence-electron chi connectivity index (χ3n) is 2.27. The van der Waals surface area contributed by atoms with Crippen molar-refractivity contribution in [2.75, 3.05) is 32.9 Å². The number of hydrogen-bond acceptors (Lipinski definition) is 3. The predicted octanol–water partition coefficient (Wildman–Crippen LogP) is -0.136. The highest BCUT2D eigenvalue weighted by Crippen LogP contribution is 2.18. The lowest BCUT2D eigenvalue weighted by Crippen LogP contribution is -2.47. The quantitative estimate of drug-likeness (QED) is 0.655. The van der Waals surface area contributed by atoms with Gasteiger partial charge in [-0.3, -0.25) is 4.79 Å². The Hall–Kier alpha value is -0.610. The van der Waals surface area contributed by atoms with Gasteiger partial charge in [-0.2, -0.15) is 0 Å². The maximum atomic E-state index is 11.8. The zero-order valence-electron chi connectivity index (χ0n) is 8.25. The maximum absolute atomic E-state index is 11.8. The SMILES string of the molecule is CC(C)(CO)C(=O)N1CCOCC1. The summed E-state index contributed by atoms with van der Waals surface area (Å²) in [5, 5.41) is 9.02. The van der Waals surface area contributed by atoms with Crippen LogP contribution in [0.4, 0.5) is 0 Å². The molecule has 76 valence electrons. The lowest BCUT2D eigenvalue weighted by molar-refractivity contribution is -0.146. The third kappa shape index (κ3) is 2.42. The molecule has 1 N–H and O–H groups in total. The Morgan fingerprint density at radius 1 is 1.46 bits per heavy atom. The fourth-order valence-corrected chi connectivity index (χ4v) is 1.26. The van der Waals surface area contributed by atoms with E-state index in [1.54, 1.807) is 18.7 Å². The van der Waals surface area contributed by atoms with Gasteiger partial charge in [0.05, 0.1) is 25.2 Å². The molecule has 1 heterocycles. The molecule has 0 spiro atoms. The van der Waals surface area contributed by atoms with Crippen LogP contribution >= 0.6 is 0 Å². The molecule has 0 aromatic carbocycles. The Kier molecular flexibility index (Phi) is 3.27. The van der Waals surface area contributed by atoms with E-state index in [-0.39, 0.29) is 12.5 Å². The fourth-order valence-electron chi connectivity index (χ4n) is 1.26. The molecule has 0 radical (unpaired) electrons. The van der Waals surface area contributed by atoms with Crippen LogP contribution in [0.1, 0.15) is 13.8 Å². The van der Waals surface area contributed by atoms with Crippen LogP contribution in [-0.2, 0) is 9.53 Å². The molecule has 1 saturated heterocycles. The van der Waals surface area contributed by atoms with E-state index in [0.717, 1.165) is 0 Å². The summed E-state index contributed by atoms with van der Waals surface area (Å²) in [6, 6.07) is 0. The zero-order valence-corrected chi connectivity index (χ0v) is 8.25. The molecule has 0 saturated carbocycles. The first kappa shape index (κ1) is 10.5. The van der Waals surface area contributed by atoms with Gasteiger partial charge in [-0.25, -0.2) is 0 Å². The normalized spacial score (nSPS) is 18.8. The molecular formula is C9H17NO3. The summed E-state index contributed by atoms with van der Waals surface area (Å²) >= 11 is 0. The van der Waals surface area contributed by atoms with Crippen molar-refractivity contribution in [3.8, 4) is 0 Å². The van der Waals surface area contributed by atoms with Gasteiger partial charge in [-0.15, -0.1) is 0 Å². The van der Waals surface area contributed by atoms with Crippen molar-refractivity contribution in [1.82, 2.24) is 4.90 Å². The summed E-state index contributed by atoms with van der Waals surface area (Å²) in [5.41, 5.74) is -0.655. The van der Waals surface area contributed by atoms with E-state index >= 15 is 0 Å². The molecule has 1 rings (SSSR count). The molecule has 1 fully saturated rings. The van der Waals surface area contributed by atoms with E-state index in [0.29, 0.717) is 26.3 Å². The standard InChI is InChI=1S/C9H17NO3/c1-9(2,7-11)8(12)10-3-5-13-6-4-10/h11H,3-7H2,1-2H3. The van der Waals surface area contributed by atoms with Gasteiger partial charge in [-0.05, 0) is 13.8 Å².